The molecule has 2 saturated heterocycles. The molecule has 0 bridgehead atoms. The SMILES string of the molecule is Cc1nnn(C)c1-c1cnc2c3ccc(N4CCN(C(=O)N(C)C)CC4)cc3n([C@H](c3ccccc3)C3CCOCC3)c2c1. The highest BCUT2D eigenvalue weighted by molar-refractivity contribution is 6.07. The van der Waals surface area contributed by atoms with Gasteiger partial charge in [-0.1, -0.05) is 35.5 Å². The molecule has 2 fully saturated rings. The van der Waals surface area contributed by atoms with Crippen LogP contribution >= 0.6 is 0 Å². The van der Waals surface area contributed by atoms with Crippen molar-refractivity contribution in [2.24, 2.45) is 13.0 Å². The average Bonchev–Trinajstić information content (AvgIpc) is 3.56. The van der Waals surface area contributed by atoms with E-state index in [-0.39, 0.29) is 12.1 Å². The normalized spacial score (nSPS) is 17.0. The smallest absolute Gasteiger partial charge is 0.319 e. The van der Waals surface area contributed by atoms with Crippen LogP contribution in [0.25, 0.3) is 33.2 Å². The summed E-state index contributed by atoms with van der Waals surface area (Å²) in [5.74, 6) is 0.415. The van der Waals surface area contributed by atoms with Crippen molar-refractivity contribution in [2.75, 3.05) is 58.4 Å². The zero-order valence-electron chi connectivity index (χ0n) is 26.0. The molecule has 228 valence electrons. The average molecular weight is 593 g/mol. The van der Waals surface area contributed by atoms with Gasteiger partial charge in [-0.05, 0) is 55.5 Å². The minimum atomic E-state index is 0.0723. The Labute approximate surface area is 257 Å². The summed E-state index contributed by atoms with van der Waals surface area (Å²) in [5.41, 5.74) is 8.61. The van der Waals surface area contributed by atoms with Crippen molar-refractivity contribution in [3.05, 3.63) is 72.1 Å². The highest BCUT2D eigenvalue weighted by atomic mass is 16.5. The maximum Gasteiger partial charge on any atom is 0.319 e. The molecular formula is C34H40N8O2. The predicted molar refractivity (Wildman–Crippen MR) is 173 cm³/mol. The van der Waals surface area contributed by atoms with Crippen molar-refractivity contribution in [2.45, 2.75) is 25.8 Å². The second kappa shape index (κ2) is 11.6. The van der Waals surface area contributed by atoms with E-state index in [0.717, 1.165) is 72.5 Å². The number of rotatable bonds is 5. The van der Waals surface area contributed by atoms with Crippen molar-refractivity contribution < 1.29 is 9.53 Å². The molecule has 10 heteroatoms. The van der Waals surface area contributed by atoms with Crippen molar-refractivity contribution in [1.82, 2.24) is 34.3 Å². The summed E-state index contributed by atoms with van der Waals surface area (Å²) < 4.78 is 10.2. The second-order valence-corrected chi connectivity index (χ2v) is 12.3. The fourth-order valence-electron chi connectivity index (χ4n) is 7.13. The molecule has 3 aromatic heterocycles. The van der Waals surface area contributed by atoms with Crippen LogP contribution in [0.2, 0.25) is 0 Å². The molecule has 10 nitrogen and oxygen atoms in total. The van der Waals surface area contributed by atoms with Crippen molar-refractivity contribution in [3.8, 4) is 11.3 Å². The Morgan fingerprint density at radius 1 is 0.977 bits per heavy atom. The van der Waals surface area contributed by atoms with Gasteiger partial charge in [0, 0.05) is 83.4 Å². The summed E-state index contributed by atoms with van der Waals surface area (Å²) in [6.07, 6.45) is 3.96. The first-order valence-corrected chi connectivity index (χ1v) is 15.5. The van der Waals surface area contributed by atoms with Crippen LogP contribution in [0.1, 0.15) is 30.1 Å². The predicted octanol–water partition coefficient (Wildman–Crippen LogP) is 5.11. The van der Waals surface area contributed by atoms with Gasteiger partial charge < -0.3 is 24.0 Å². The first-order chi connectivity index (χ1) is 21.4. The summed E-state index contributed by atoms with van der Waals surface area (Å²) in [6.45, 7) is 6.54. The van der Waals surface area contributed by atoms with Gasteiger partial charge in [0.2, 0.25) is 0 Å². The zero-order chi connectivity index (χ0) is 30.4. The lowest BCUT2D eigenvalue weighted by Crippen LogP contribution is -2.51. The molecule has 0 N–H and O–H groups in total. The lowest BCUT2D eigenvalue weighted by Gasteiger charge is -2.37. The van der Waals surface area contributed by atoms with Crippen LogP contribution in [0.3, 0.4) is 0 Å². The minimum Gasteiger partial charge on any atom is -0.381 e. The third-order valence-electron chi connectivity index (χ3n) is 9.32. The van der Waals surface area contributed by atoms with Gasteiger partial charge in [0.05, 0.1) is 34.0 Å². The van der Waals surface area contributed by atoms with E-state index in [4.69, 9.17) is 9.72 Å². The molecule has 1 atom stereocenters. The molecule has 44 heavy (non-hydrogen) atoms. The summed E-state index contributed by atoms with van der Waals surface area (Å²) in [6, 6.07) is 20.1. The van der Waals surface area contributed by atoms with Crippen LogP contribution in [-0.4, -0.2) is 93.9 Å². The number of aromatic nitrogens is 5. The molecule has 7 rings (SSSR count). The molecule has 2 amide bonds. The fourth-order valence-corrected chi connectivity index (χ4v) is 7.13. The van der Waals surface area contributed by atoms with E-state index in [0.29, 0.717) is 19.0 Å². The van der Waals surface area contributed by atoms with Gasteiger partial charge in [-0.15, -0.1) is 5.10 Å². The van der Waals surface area contributed by atoms with Gasteiger partial charge in [0.1, 0.15) is 0 Å². The van der Waals surface area contributed by atoms with E-state index in [1.165, 1.54) is 16.8 Å². The van der Waals surface area contributed by atoms with E-state index in [9.17, 15) is 4.79 Å². The lowest BCUT2D eigenvalue weighted by molar-refractivity contribution is 0.0553. The number of carbonyl (C=O) groups is 1. The standard InChI is InChI=1S/C34H40N8O2/c1-23-32(39(4)37-36-23)26-20-30-31(35-22-26)28-11-10-27(40-14-16-41(17-15-40)34(43)38(2)3)21-29(28)42(30)33(24-8-6-5-7-9-24)25-12-18-44-19-13-25/h5-11,20-22,25,33H,12-19H2,1-4H3/t33-/m1/s1. The van der Waals surface area contributed by atoms with Crippen LogP contribution in [0.4, 0.5) is 10.5 Å². The Balaban J connectivity index is 1.40. The largest absolute Gasteiger partial charge is 0.381 e. The van der Waals surface area contributed by atoms with E-state index in [1.807, 2.05) is 43.8 Å². The summed E-state index contributed by atoms with van der Waals surface area (Å²) in [7, 11) is 5.56. The first kappa shape index (κ1) is 28.3. The molecule has 2 aliphatic heterocycles. The summed E-state index contributed by atoms with van der Waals surface area (Å²) in [4.78, 5) is 23.7. The molecule has 5 aromatic rings. The monoisotopic (exact) mass is 592 g/mol. The molecule has 0 spiro atoms. The molecule has 0 aliphatic carbocycles. The third-order valence-corrected chi connectivity index (χ3v) is 9.32. The fraction of sp³-hybridized carbons (Fsp3) is 0.412. The van der Waals surface area contributed by atoms with Crippen molar-refractivity contribution >= 4 is 33.7 Å². The molecule has 5 heterocycles. The number of hydrogen-bond acceptors (Lipinski definition) is 6. The number of fused-ring (bicyclic) bond motifs is 3. The number of piperazine rings is 1. The van der Waals surface area contributed by atoms with Crippen LogP contribution in [0, 0.1) is 12.8 Å². The Morgan fingerprint density at radius 3 is 2.41 bits per heavy atom. The molecule has 0 unspecified atom stereocenters. The number of ether oxygens (including phenoxy) is 1. The Hall–Kier alpha value is -4.44. The van der Waals surface area contributed by atoms with Gasteiger partial charge in [-0.2, -0.15) is 0 Å². The number of anilines is 1. The third kappa shape index (κ3) is 4.96. The quantitative estimate of drug-likeness (QED) is 0.282. The number of nitrogens with zero attached hydrogens (tertiary/aromatic N) is 8. The van der Waals surface area contributed by atoms with Crippen LogP contribution in [-0.2, 0) is 11.8 Å². The number of carbonyl (C=O) groups excluding carboxylic acids is 1. The number of hydrogen-bond donors (Lipinski definition) is 0. The van der Waals surface area contributed by atoms with Gasteiger partial charge in [-0.25, -0.2) is 9.48 Å². The van der Waals surface area contributed by atoms with Gasteiger partial charge >= 0.3 is 6.03 Å². The van der Waals surface area contributed by atoms with E-state index >= 15 is 0 Å². The van der Waals surface area contributed by atoms with Gasteiger partial charge in [-0.3, -0.25) is 4.98 Å². The number of pyridine rings is 1. The highest BCUT2D eigenvalue weighted by Crippen LogP contribution is 2.42. The number of benzene rings is 2. The van der Waals surface area contributed by atoms with Gasteiger partial charge in [0.15, 0.2) is 0 Å². The highest BCUT2D eigenvalue weighted by Gasteiger charge is 2.31. The molecule has 0 saturated carbocycles. The summed E-state index contributed by atoms with van der Waals surface area (Å²) in [5, 5.41) is 9.73. The summed E-state index contributed by atoms with van der Waals surface area (Å²) >= 11 is 0. The minimum absolute atomic E-state index is 0.0723. The maximum atomic E-state index is 12.6. The lowest BCUT2D eigenvalue weighted by atomic mass is 9.86. The number of urea groups is 1. The van der Waals surface area contributed by atoms with Crippen LogP contribution in [0.15, 0.2) is 60.8 Å². The number of aryl methyl sites for hydroxylation is 2. The molecule has 0 radical (unpaired) electrons. The molecular weight excluding hydrogens is 552 g/mol. The van der Waals surface area contributed by atoms with Crippen molar-refractivity contribution in [1.29, 1.82) is 0 Å². The maximum absolute atomic E-state index is 12.6. The zero-order valence-corrected chi connectivity index (χ0v) is 26.0. The van der Waals surface area contributed by atoms with E-state index < -0.39 is 0 Å². The van der Waals surface area contributed by atoms with E-state index in [2.05, 4.69) is 74.4 Å². The van der Waals surface area contributed by atoms with Gasteiger partial charge in [0.25, 0.3) is 0 Å². The van der Waals surface area contributed by atoms with Crippen LogP contribution in [0.5, 0.6) is 0 Å². The Bertz CT molecular complexity index is 1780. The van der Waals surface area contributed by atoms with Crippen LogP contribution < -0.4 is 4.90 Å². The molecule has 2 aromatic carbocycles. The topological polar surface area (TPSA) is 84.5 Å². The second-order valence-electron chi connectivity index (χ2n) is 12.3. The van der Waals surface area contributed by atoms with Crippen molar-refractivity contribution in [3.63, 3.8) is 0 Å². The Kier molecular flexibility index (Phi) is 7.45. The number of amides is 2. The van der Waals surface area contributed by atoms with E-state index in [1.54, 1.807) is 4.90 Å². The molecule has 2 aliphatic rings. The first-order valence-electron chi connectivity index (χ1n) is 15.5. The Morgan fingerprint density at radius 2 is 1.73 bits per heavy atom.